The monoisotopic (exact) mass is 368 g/mol. The molecule has 27 heavy (non-hydrogen) atoms. The number of para-hydroxylation sites is 1. The molecule has 0 radical (unpaired) electrons. The lowest BCUT2D eigenvalue weighted by Gasteiger charge is -2.43. The first-order valence-electron chi connectivity index (χ1n) is 10.4. The highest BCUT2D eigenvalue weighted by Gasteiger charge is 2.42. The molecule has 1 amide bonds. The standard InChI is InChI=1S/C23H32N2O2/c1-24-16-19-10-6-7-11-21(19)27-23(17-24)14-12-20(13-15-23)25(2)22(26)18-8-4-3-5-9-18/h3-4,6-7,10-11,18,20H,5,8-9,12-17H2,1-2H3. The summed E-state index contributed by atoms with van der Waals surface area (Å²) >= 11 is 0. The Kier molecular flexibility index (Phi) is 5.27. The summed E-state index contributed by atoms with van der Waals surface area (Å²) in [4.78, 5) is 17.3. The quantitative estimate of drug-likeness (QED) is 0.740. The van der Waals surface area contributed by atoms with Gasteiger partial charge in [0.2, 0.25) is 5.91 Å². The Balaban J connectivity index is 1.42. The highest BCUT2D eigenvalue weighted by atomic mass is 16.5. The van der Waals surface area contributed by atoms with E-state index in [4.69, 9.17) is 4.74 Å². The van der Waals surface area contributed by atoms with Crippen molar-refractivity contribution >= 4 is 5.91 Å². The molecule has 3 aliphatic rings. The average molecular weight is 369 g/mol. The van der Waals surface area contributed by atoms with Crippen molar-refractivity contribution in [2.24, 2.45) is 5.92 Å². The minimum Gasteiger partial charge on any atom is -0.486 e. The summed E-state index contributed by atoms with van der Waals surface area (Å²) in [5, 5.41) is 0. The molecule has 1 aliphatic heterocycles. The fourth-order valence-corrected chi connectivity index (χ4v) is 5.10. The topological polar surface area (TPSA) is 32.8 Å². The van der Waals surface area contributed by atoms with E-state index in [-0.39, 0.29) is 11.5 Å². The first kappa shape index (κ1) is 18.5. The molecule has 1 saturated carbocycles. The van der Waals surface area contributed by atoms with Crippen molar-refractivity contribution in [3.05, 3.63) is 42.0 Å². The van der Waals surface area contributed by atoms with Crippen LogP contribution in [-0.4, -0.2) is 48.0 Å². The molecule has 0 aromatic heterocycles. The SMILES string of the molecule is CN1Cc2ccccc2OC2(CCC(N(C)C(=O)C3CC=CCC3)CC2)C1. The maximum absolute atomic E-state index is 12.9. The van der Waals surface area contributed by atoms with Gasteiger partial charge in [-0.05, 0) is 58.1 Å². The number of carbonyl (C=O) groups is 1. The number of amides is 1. The number of rotatable bonds is 2. The highest BCUT2D eigenvalue weighted by Crippen LogP contribution is 2.39. The molecule has 1 unspecified atom stereocenters. The summed E-state index contributed by atoms with van der Waals surface area (Å²) < 4.78 is 6.61. The molecule has 2 aliphatic carbocycles. The van der Waals surface area contributed by atoms with Gasteiger partial charge in [0.1, 0.15) is 11.4 Å². The third kappa shape index (κ3) is 3.91. The molecule has 4 heteroatoms. The molecule has 1 fully saturated rings. The lowest BCUT2D eigenvalue weighted by Crippen LogP contribution is -2.51. The molecule has 4 rings (SSSR count). The Morgan fingerprint density at radius 1 is 1.19 bits per heavy atom. The normalized spacial score (nSPS) is 31.0. The van der Waals surface area contributed by atoms with Gasteiger partial charge in [-0.3, -0.25) is 9.69 Å². The number of benzene rings is 1. The molecular formula is C23H32N2O2. The van der Waals surface area contributed by atoms with E-state index >= 15 is 0 Å². The van der Waals surface area contributed by atoms with Crippen molar-refractivity contribution in [3.63, 3.8) is 0 Å². The van der Waals surface area contributed by atoms with Crippen LogP contribution in [0.25, 0.3) is 0 Å². The van der Waals surface area contributed by atoms with Crippen LogP contribution in [0.15, 0.2) is 36.4 Å². The van der Waals surface area contributed by atoms with Gasteiger partial charge in [0.05, 0.1) is 0 Å². The zero-order valence-electron chi connectivity index (χ0n) is 16.7. The summed E-state index contributed by atoms with van der Waals surface area (Å²) in [5.74, 6) is 1.56. The Labute approximate surface area is 163 Å². The number of fused-ring (bicyclic) bond motifs is 1. The largest absolute Gasteiger partial charge is 0.486 e. The van der Waals surface area contributed by atoms with E-state index in [0.717, 1.165) is 63.8 Å². The molecule has 4 nitrogen and oxygen atoms in total. The van der Waals surface area contributed by atoms with E-state index in [1.54, 1.807) is 0 Å². The van der Waals surface area contributed by atoms with Crippen LogP contribution in [0.2, 0.25) is 0 Å². The second-order valence-corrected chi connectivity index (χ2v) is 8.73. The van der Waals surface area contributed by atoms with Crippen LogP contribution in [0.4, 0.5) is 0 Å². The van der Waals surface area contributed by atoms with Gasteiger partial charge in [0, 0.05) is 37.7 Å². The predicted octanol–water partition coefficient (Wildman–Crippen LogP) is 4.01. The Morgan fingerprint density at radius 2 is 1.96 bits per heavy atom. The molecule has 0 bridgehead atoms. The zero-order valence-corrected chi connectivity index (χ0v) is 16.7. The molecule has 1 aromatic rings. The maximum atomic E-state index is 12.9. The van der Waals surface area contributed by atoms with Crippen LogP contribution in [0.1, 0.15) is 50.5 Å². The molecule has 1 atom stereocenters. The van der Waals surface area contributed by atoms with Crippen molar-refractivity contribution in [3.8, 4) is 5.75 Å². The smallest absolute Gasteiger partial charge is 0.225 e. The van der Waals surface area contributed by atoms with Crippen LogP contribution < -0.4 is 4.74 Å². The number of allylic oxidation sites excluding steroid dienone is 2. The fourth-order valence-electron chi connectivity index (χ4n) is 5.10. The maximum Gasteiger partial charge on any atom is 0.225 e. The molecular weight excluding hydrogens is 336 g/mol. The predicted molar refractivity (Wildman–Crippen MR) is 108 cm³/mol. The number of ether oxygens (including phenoxy) is 1. The third-order valence-electron chi connectivity index (χ3n) is 6.68. The van der Waals surface area contributed by atoms with Crippen LogP contribution in [0, 0.1) is 5.92 Å². The molecule has 146 valence electrons. The van der Waals surface area contributed by atoms with E-state index in [0.29, 0.717) is 11.9 Å². The van der Waals surface area contributed by atoms with E-state index in [1.165, 1.54) is 5.56 Å². The van der Waals surface area contributed by atoms with E-state index in [2.05, 4.69) is 48.4 Å². The second-order valence-electron chi connectivity index (χ2n) is 8.73. The first-order chi connectivity index (χ1) is 13.1. The van der Waals surface area contributed by atoms with Gasteiger partial charge < -0.3 is 9.64 Å². The van der Waals surface area contributed by atoms with Gasteiger partial charge in [-0.25, -0.2) is 0 Å². The van der Waals surface area contributed by atoms with Crippen molar-refractivity contribution < 1.29 is 9.53 Å². The summed E-state index contributed by atoms with van der Waals surface area (Å²) in [6.45, 7) is 1.90. The third-order valence-corrected chi connectivity index (χ3v) is 6.68. The van der Waals surface area contributed by atoms with Crippen molar-refractivity contribution in [2.45, 2.75) is 63.1 Å². The molecule has 1 spiro atoms. The Morgan fingerprint density at radius 3 is 2.70 bits per heavy atom. The van der Waals surface area contributed by atoms with E-state index < -0.39 is 0 Å². The van der Waals surface area contributed by atoms with Crippen LogP contribution in [0.3, 0.4) is 0 Å². The summed E-state index contributed by atoms with van der Waals surface area (Å²) in [6, 6.07) is 8.78. The van der Waals surface area contributed by atoms with Gasteiger partial charge in [0.15, 0.2) is 0 Å². The first-order valence-corrected chi connectivity index (χ1v) is 10.4. The van der Waals surface area contributed by atoms with Crippen LogP contribution in [0.5, 0.6) is 5.75 Å². The molecule has 1 aromatic carbocycles. The second kappa shape index (κ2) is 7.67. The van der Waals surface area contributed by atoms with Gasteiger partial charge in [-0.15, -0.1) is 0 Å². The zero-order chi connectivity index (χ0) is 18.9. The molecule has 0 saturated heterocycles. The minimum atomic E-state index is -0.116. The van der Waals surface area contributed by atoms with Gasteiger partial charge in [-0.1, -0.05) is 30.4 Å². The Hall–Kier alpha value is -1.81. The van der Waals surface area contributed by atoms with Gasteiger partial charge in [0.25, 0.3) is 0 Å². The summed E-state index contributed by atoms with van der Waals surface area (Å²) in [6.07, 6.45) is 11.4. The number of carbonyl (C=O) groups excluding carboxylic acids is 1. The van der Waals surface area contributed by atoms with Crippen molar-refractivity contribution in [2.75, 3.05) is 20.6 Å². The number of likely N-dealkylation sites (N-methyl/N-ethyl adjacent to an activating group) is 1. The minimum absolute atomic E-state index is 0.116. The number of hydrogen-bond acceptors (Lipinski definition) is 3. The van der Waals surface area contributed by atoms with Crippen LogP contribution in [-0.2, 0) is 11.3 Å². The van der Waals surface area contributed by atoms with Crippen LogP contribution >= 0.6 is 0 Å². The van der Waals surface area contributed by atoms with Crippen molar-refractivity contribution in [1.29, 1.82) is 0 Å². The fraction of sp³-hybridized carbons (Fsp3) is 0.609. The lowest BCUT2D eigenvalue weighted by molar-refractivity contribution is -0.138. The summed E-state index contributed by atoms with van der Waals surface area (Å²) in [5.41, 5.74) is 1.16. The van der Waals surface area contributed by atoms with Gasteiger partial charge in [-0.2, -0.15) is 0 Å². The molecule has 0 N–H and O–H groups in total. The Bertz CT molecular complexity index is 706. The highest BCUT2D eigenvalue weighted by molar-refractivity contribution is 5.79. The molecule has 1 heterocycles. The number of nitrogens with zero attached hydrogens (tertiary/aromatic N) is 2. The number of hydrogen-bond donors (Lipinski definition) is 0. The van der Waals surface area contributed by atoms with E-state index in [9.17, 15) is 4.79 Å². The lowest BCUT2D eigenvalue weighted by atomic mass is 9.80. The van der Waals surface area contributed by atoms with Crippen molar-refractivity contribution in [1.82, 2.24) is 9.80 Å². The summed E-state index contributed by atoms with van der Waals surface area (Å²) in [7, 11) is 4.20. The van der Waals surface area contributed by atoms with E-state index in [1.807, 2.05) is 11.9 Å². The van der Waals surface area contributed by atoms with Gasteiger partial charge >= 0.3 is 0 Å². The average Bonchev–Trinajstić information content (AvgIpc) is 2.83.